The molecule has 168 valence electrons. The number of benzene rings is 2. The van der Waals surface area contributed by atoms with Crippen LogP contribution in [0.4, 0.5) is 11.5 Å². The Labute approximate surface area is 188 Å². The number of carbonyl (C=O) groups excluding carboxylic acids is 1. The smallest absolute Gasteiger partial charge is 0.262 e. The van der Waals surface area contributed by atoms with Crippen LogP contribution in [0.3, 0.4) is 0 Å². The molecular weight excluding hydrogens is 428 g/mol. The fourth-order valence-electron chi connectivity index (χ4n) is 3.11. The summed E-state index contributed by atoms with van der Waals surface area (Å²) < 4.78 is 34.6. The lowest BCUT2D eigenvalue weighted by atomic mass is 10.1. The van der Waals surface area contributed by atoms with Gasteiger partial charge in [-0.3, -0.25) is 9.78 Å². The van der Waals surface area contributed by atoms with E-state index in [-0.39, 0.29) is 23.2 Å². The van der Waals surface area contributed by atoms with Crippen molar-refractivity contribution < 1.29 is 17.9 Å². The van der Waals surface area contributed by atoms with Crippen molar-refractivity contribution in [3.63, 3.8) is 0 Å². The third-order valence-corrected chi connectivity index (χ3v) is 6.12. The Morgan fingerprint density at radius 1 is 0.969 bits per heavy atom. The first-order chi connectivity index (χ1) is 15.0. The number of nitrogens with one attached hydrogen (secondary N) is 1. The van der Waals surface area contributed by atoms with Gasteiger partial charge >= 0.3 is 0 Å². The van der Waals surface area contributed by atoms with Gasteiger partial charge in [0.15, 0.2) is 6.61 Å². The maximum Gasteiger partial charge on any atom is 0.262 e. The van der Waals surface area contributed by atoms with E-state index in [9.17, 15) is 13.2 Å². The molecule has 0 spiro atoms. The molecule has 1 amide bonds. The largest absolute Gasteiger partial charge is 0.483 e. The van der Waals surface area contributed by atoms with Gasteiger partial charge in [0, 0.05) is 17.2 Å². The van der Waals surface area contributed by atoms with Crippen molar-refractivity contribution in [2.24, 2.45) is 0 Å². The molecule has 1 N–H and O–H groups in total. The fourth-order valence-corrected chi connectivity index (χ4v) is 4.04. The molecule has 0 aliphatic rings. The summed E-state index contributed by atoms with van der Waals surface area (Å²) in [6, 6.07) is 11.2. The minimum Gasteiger partial charge on any atom is -0.483 e. The average molecular weight is 454 g/mol. The highest BCUT2D eigenvalue weighted by Crippen LogP contribution is 2.28. The maximum absolute atomic E-state index is 12.6. The molecule has 3 aromatic rings. The second-order valence-corrected chi connectivity index (χ2v) is 9.10. The number of sulfonamides is 1. The molecule has 0 aliphatic heterocycles. The summed E-state index contributed by atoms with van der Waals surface area (Å²) in [6.07, 6.45) is 0. The van der Waals surface area contributed by atoms with Gasteiger partial charge in [-0.1, -0.05) is 12.1 Å². The highest BCUT2D eigenvalue weighted by Gasteiger charge is 2.12. The zero-order chi connectivity index (χ0) is 23.5. The van der Waals surface area contributed by atoms with E-state index in [2.05, 4.69) is 20.0 Å². The number of nitrogens with zero attached hydrogens (tertiary/aromatic N) is 3. The van der Waals surface area contributed by atoms with Gasteiger partial charge in [0.2, 0.25) is 10.0 Å². The zero-order valence-corrected chi connectivity index (χ0v) is 19.4. The quantitative estimate of drug-likeness (QED) is 0.566. The maximum atomic E-state index is 12.6. The summed E-state index contributed by atoms with van der Waals surface area (Å²) in [7, 11) is -3.95. The summed E-state index contributed by atoms with van der Waals surface area (Å²) in [5, 5.41) is 2.70. The van der Waals surface area contributed by atoms with Gasteiger partial charge in [-0.25, -0.2) is 8.42 Å². The Hall–Kier alpha value is -3.46. The van der Waals surface area contributed by atoms with Crippen LogP contribution in [0, 0.1) is 34.6 Å². The van der Waals surface area contributed by atoms with E-state index in [1.807, 2.05) is 32.9 Å². The Kier molecular flexibility index (Phi) is 6.78. The minimum absolute atomic E-state index is 0.00771. The Balaban J connectivity index is 1.64. The molecule has 9 heteroatoms. The molecule has 1 heterocycles. The van der Waals surface area contributed by atoms with Crippen molar-refractivity contribution in [3.05, 3.63) is 75.4 Å². The number of amides is 1. The first-order valence-corrected chi connectivity index (χ1v) is 11.4. The van der Waals surface area contributed by atoms with Gasteiger partial charge in [-0.15, -0.1) is 0 Å². The van der Waals surface area contributed by atoms with Crippen LogP contribution >= 0.6 is 0 Å². The second kappa shape index (κ2) is 9.35. The molecular formula is C23H25N4O4S-. The number of aromatic nitrogens is 2. The van der Waals surface area contributed by atoms with Crippen LogP contribution in [0.15, 0.2) is 47.4 Å². The minimum atomic E-state index is -3.95. The first kappa shape index (κ1) is 23.2. The van der Waals surface area contributed by atoms with Crippen LogP contribution in [0.2, 0.25) is 0 Å². The average Bonchev–Trinajstić information content (AvgIpc) is 2.70. The van der Waals surface area contributed by atoms with Crippen LogP contribution < -0.4 is 10.1 Å². The first-order valence-electron chi connectivity index (χ1n) is 9.95. The summed E-state index contributed by atoms with van der Waals surface area (Å²) >= 11 is 0. The molecule has 3 rings (SSSR count). The topological polar surface area (TPSA) is 112 Å². The Morgan fingerprint density at radius 2 is 1.62 bits per heavy atom. The Morgan fingerprint density at radius 3 is 2.28 bits per heavy atom. The number of anilines is 1. The molecule has 8 nitrogen and oxygen atoms in total. The molecule has 2 aromatic carbocycles. The summed E-state index contributed by atoms with van der Waals surface area (Å²) in [5.41, 5.74) is 4.10. The van der Waals surface area contributed by atoms with Crippen LogP contribution in [-0.4, -0.2) is 30.9 Å². The van der Waals surface area contributed by atoms with E-state index in [1.54, 1.807) is 13.8 Å². The second-order valence-electron chi connectivity index (χ2n) is 7.50. The summed E-state index contributed by atoms with van der Waals surface area (Å²) in [6.45, 7) is 9.10. The van der Waals surface area contributed by atoms with Crippen LogP contribution in [0.25, 0.3) is 4.72 Å². The lowest BCUT2D eigenvalue weighted by Gasteiger charge is -2.17. The third kappa shape index (κ3) is 5.61. The molecule has 1 aromatic heterocycles. The molecule has 32 heavy (non-hydrogen) atoms. The summed E-state index contributed by atoms with van der Waals surface area (Å²) in [4.78, 5) is 20.4. The Bertz CT molecular complexity index is 1240. The fraction of sp³-hybridized carbons (Fsp3) is 0.261. The van der Waals surface area contributed by atoms with Crippen molar-refractivity contribution in [3.8, 4) is 5.75 Å². The van der Waals surface area contributed by atoms with E-state index >= 15 is 0 Å². The van der Waals surface area contributed by atoms with Crippen molar-refractivity contribution in [1.29, 1.82) is 0 Å². The predicted molar refractivity (Wildman–Crippen MR) is 123 cm³/mol. The lowest BCUT2D eigenvalue weighted by Crippen LogP contribution is -2.20. The molecule has 0 unspecified atom stereocenters. The summed E-state index contributed by atoms with van der Waals surface area (Å²) in [5.74, 6) is 0.859. The van der Waals surface area contributed by atoms with E-state index in [1.165, 1.54) is 30.3 Å². The van der Waals surface area contributed by atoms with Gasteiger partial charge in [0.25, 0.3) is 5.91 Å². The highest BCUT2D eigenvalue weighted by atomic mass is 32.2. The van der Waals surface area contributed by atoms with Crippen molar-refractivity contribution in [1.82, 2.24) is 9.97 Å². The molecule has 0 atom stereocenters. The van der Waals surface area contributed by atoms with Crippen molar-refractivity contribution in [2.75, 3.05) is 11.9 Å². The number of carbonyl (C=O) groups is 1. The van der Waals surface area contributed by atoms with E-state index in [4.69, 9.17) is 4.74 Å². The monoisotopic (exact) mass is 453 g/mol. The lowest BCUT2D eigenvalue weighted by molar-refractivity contribution is -0.118. The van der Waals surface area contributed by atoms with E-state index < -0.39 is 10.0 Å². The van der Waals surface area contributed by atoms with Gasteiger partial charge in [0.05, 0.1) is 4.90 Å². The highest BCUT2D eigenvalue weighted by molar-refractivity contribution is 7.94. The van der Waals surface area contributed by atoms with E-state index in [0.29, 0.717) is 23.0 Å². The van der Waals surface area contributed by atoms with Gasteiger partial charge < -0.3 is 19.8 Å². The molecule has 0 saturated heterocycles. The van der Waals surface area contributed by atoms with Crippen LogP contribution in [0.5, 0.6) is 5.75 Å². The normalized spacial score (nSPS) is 11.2. The molecule has 0 saturated carbocycles. The van der Waals surface area contributed by atoms with Crippen molar-refractivity contribution in [2.45, 2.75) is 39.5 Å². The molecule has 0 aliphatic carbocycles. The number of ether oxygens (including phenoxy) is 1. The number of hydrogen-bond acceptors (Lipinski definition) is 6. The van der Waals surface area contributed by atoms with Crippen LogP contribution in [0.1, 0.15) is 28.2 Å². The number of rotatable bonds is 7. The van der Waals surface area contributed by atoms with Crippen molar-refractivity contribution >= 4 is 27.4 Å². The standard InChI is InChI=1S/C23H26N4O4S/c1-14-6-7-15(2)23(17(14)4)31-13-22(28)26-19-8-10-20(11-9-19)32(29,30)27-21-12-16(3)24-18(5)25-21/h6-12H,13H2,1-5H3,(H2,24,25,26,27,28)/p-1. The molecule has 0 fully saturated rings. The van der Waals surface area contributed by atoms with Gasteiger partial charge in [0.1, 0.15) is 5.75 Å². The number of aryl methyl sites for hydroxylation is 4. The predicted octanol–water partition coefficient (Wildman–Crippen LogP) is 4.43. The van der Waals surface area contributed by atoms with E-state index in [0.717, 1.165) is 16.7 Å². The zero-order valence-electron chi connectivity index (χ0n) is 18.6. The van der Waals surface area contributed by atoms with Crippen LogP contribution in [-0.2, 0) is 14.8 Å². The van der Waals surface area contributed by atoms with Gasteiger partial charge in [-0.05, 0) is 87.5 Å². The third-order valence-electron chi connectivity index (χ3n) is 4.82. The molecule has 0 radical (unpaired) electrons. The van der Waals surface area contributed by atoms with Gasteiger partial charge in [-0.2, -0.15) is 0 Å². The number of hydrogen-bond donors (Lipinski definition) is 1. The SMILES string of the molecule is Cc1cc([N-]S(=O)(=O)c2ccc(NC(=O)COc3c(C)ccc(C)c3C)cc2)nc(C)n1. The molecule has 0 bridgehead atoms.